The van der Waals surface area contributed by atoms with Crippen molar-refractivity contribution in [1.82, 2.24) is 5.01 Å². The fourth-order valence-electron chi connectivity index (χ4n) is 2.25. The van der Waals surface area contributed by atoms with Gasteiger partial charge in [0.05, 0.1) is 5.69 Å². The third-order valence-corrected chi connectivity index (χ3v) is 3.85. The van der Waals surface area contributed by atoms with Gasteiger partial charge in [-0.1, -0.05) is 5.16 Å². The topological polar surface area (TPSA) is 84.8 Å². The van der Waals surface area contributed by atoms with Crippen LogP contribution in [-0.4, -0.2) is 43.7 Å². The van der Waals surface area contributed by atoms with Gasteiger partial charge < -0.3 is 14.6 Å². The first-order valence-corrected chi connectivity index (χ1v) is 8.68. The van der Waals surface area contributed by atoms with Gasteiger partial charge in [-0.25, -0.2) is 24.6 Å². The first-order valence-electron chi connectivity index (χ1n) is 8.68. The third kappa shape index (κ3) is 6.35. The van der Waals surface area contributed by atoms with E-state index in [2.05, 4.69) is 15.1 Å². The van der Waals surface area contributed by atoms with Crippen LogP contribution in [0, 0.1) is 18.6 Å². The molecule has 0 fully saturated rings. The number of halogens is 2. The molecule has 2 N–H and O–H groups in total. The van der Waals surface area contributed by atoms with E-state index in [1.54, 1.807) is 20.0 Å². The minimum absolute atomic E-state index is 0.0331. The van der Waals surface area contributed by atoms with Crippen LogP contribution >= 0.6 is 0 Å². The van der Waals surface area contributed by atoms with Crippen LogP contribution in [0.25, 0.3) is 0 Å². The van der Waals surface area contributed by atoms with Crippen molar-refractivity contribution < 1.29 is 18.4 Å². The lowest BCUT2D eigenvalue weighted by Gasteiger charge is -2.12. The Labute approximate surface area is 168 Å². The lowest BCUT2D eigenvalue weighted by molar-refractivity contribution is 0.213. The van der Waals surface area contributed by atoms with Crippen molar-refractivity contribution >= 4 is 23.6 Å². The number of hydrogen-bond donors (Lipinski definition) is 1. The molecule has 0 heterocycles. The van der Waals surface area contributed by atoms with Gasteiger partial charge in [-0.15, -0.1) is 0 Å². The highest BCUT2D eigenvalue weighted by Crippen LogP contribution is 2.21. The highest BCUT2D eigenvalue weighted by atomic mass is 19.1. The number of nitrogens with two attached hydrogens (primary N) is 1. The zero-order chi connectivity index (χ0) is 21.4. The molecule has 0 saturated carbocycles. The lowest BCUT2D eigenvalue weighted by Crippen LogP contribution is -2.30. The number of oxime groups is 1. The lowest BCUT2D eigenvalue weighted by atomic mass is 10.1. The number of ether oxygens (including phenoxy) is 1. The van der Waals surface area contributed by atoms with E-state index in [4.69, 9.17) is 15.4 Å². The first kappa shape index (κ1) is 22.0. The van der Waals surface area contributed by atoms with Crippen LogP contribution in [-0.2, 0) is 4.84 Å². The molecule has 0 unspecified atom stereocenters. The van der Waals surface area contributed by atoms with E-state index in [9.17, 15) is 8.78 Å². The first-order chi connectivity index (χ1) is 13.8. The Morgan fingerprint density at radius 2 is 1.97 bits per heavy atom. The summed E-state index contributed by atoms with van der Waals surface area (Å²) in [7, 11) is 3.12. The molecular weight excluding hydrogens is 380 g/mol. The molecule has 0 aromatic heterocycles. The van der Waals surface area contributed by atoms with Gasteiger partial charge in [0, 0.05) is 24.9 Å². The van der Waals surface area contributed by atoms with Crippen LogP contribution in [0.5, 0.6) is 5.75 Å². The largest absolute Gasteiger partial charge is 0.485 e. The van der Waals surface area contributed by atoms with Gasteiger partial charge >= 0.3 is 0 Å². The summed E-state index contributed by atoms with van der Waals surface area (Å²) in [5.41, 5.74) is 2.36. The van der Waals surface area contributed by atoms with Crippen molar-refractivity contribution in [3.63, 3.8) is 0 Å². The van der Waals surface area contributed by atoms with Gasteiger partial charge in [-0.2, -0.15) is 0 Å². The molecule has 0 spiro atoms. The fraction of sp³-hybridized carbons (Fsp3) is 0.250. The number of hydrazine groups is 1. The molecule has 154 valence electrons. The Balaban J connectivity index is 2.13. The number of hydrogen-bond acceptors (Lipinski definition) is 5. The smallest absolute Gasteiger partial charge is 0.198 e. The Morgan fingerprint density at radius 1 is 1.21 bits per heavy atom. The van der Waals surface area contributed by atoms with Crippen molar-refractivity contribution in [3.8, 4) is 5.75 Å². The number of aliphatic imine (C=N–C) groups is 2. The molecule has 0 aliphatic heterocycles. The molecule has 29 heavy (non-hydrogen) atoms. The normalized spacial score (nSPS) is 12.4. The second-order valence-corrected chi connectivity index (χ2v) is 6.07. The second kappa shape index (κ2) is 10.3. The quantitative estimate of drug-likeness (QED) is 0.346. The van der Waals surface area contributed by atoms with E-state index in [0.29, 0.717) is 17.2 Å². The highest BCUT2D eigenvalue weighted by molar-refractivity contribution is 6.03. The van der Waals surface area contributed by atoms with Gasteiger partial charge in [0.15, 0.2) is 17.4 Å². The van der Waals surface area contributed by atoms with Crippen LogP contribution < -0.4 is 10.6 Å². The fourth-order valence-corrected chi connectivity index (χ4v) is 2.25. The predicted molar refractivity (Wildman–Crippen MR) is 110 cm³/mol. The second-order valence-electron chi connectivity index (χ2n) is 6.07. The van der Waals surface area contributed by atoms with Gasteiger partial charge in [0.25, 0.3) is 0 Å². The Bertz CT molecular complexity index is 942. The van der Waals surface area contributed by atoms with Gasteiger partial charge in [0.1, 0.15) is 25.4 Å². The van der Waals surface area contributed by atoms with E-state index >= 15 is 0 Å². The van der Waals surface area contributed by atoms with Crippen molar-refractivity contribution in [3.05, 3.63) is 59.2 Å². The summed E-state index contributed by atoms with van der Waals surface area (Å²) in [6, 6.07) is 8.56. The molecule has 0 aliphatic rings. The third-order valence-electron chi connectivity index (χ3n) is 3.85. The summed E-state index contributed by atoms with van der Waals surface area (Å²) in [5.74, 6) is 5.12. The summed E-state index contributed by atoms with van der Waals surface area (Å²) in [6.07, 6.45) is 1.41. The van der Waals surface area contributed by atoms with Crippen molar-refractivity contribution in [2.45, 2.75) is 13.8 Å². The number of nitrogens with zero attached hydrogens (tertiary/aromatic N) is 4. The minimum atomic E-state index is -0.783. The Hall–Kier alpha value is -3.33. The molecule has 7 nitrogen and oxygen atoms in total. The van der Waals surface area contributed by atoms with Crippen LogP contribution in [0.4, 0.5) is 14.5 Å². The molecule has 2 aromatic rings. The monoisotopic (exact) mass is 403 g/mol. The van der Waals surface area contributed by atoms with Crippen molar-refractivity contribution in [2.24, 2.45) is 21.0 Å². The van der Waals surface area contributed by atoms with Crippen molar-refractivity contribution in [2.75, 3.05) is 20.8 Å². The molecule has 0 saturated heterocycles. The maximum absolute atomic E-state index is 13.6. The van der Waals surface area contributed by atoms with Crippen LogP contribution in [0.1, 0.15) is 18.1 Å². The highest BCUT2D eigenvalue weighted by Gasteiger charge is 2.07. The molecule has 0 aliphatic carbocycles. The molecular formula is C20H23F2N5O2. The maximum Gasteiger partial charge on any atom is 0.198 e. The molecule has 0 bridgehead atoms. The summed E-state index contributed by atoms with van der Waals surface area (Å²) in [6.45, 7) is 3.68. The van der Waals surface area contributed by atoms with Crippen molar-refractivity contribution in [1.29, 1.82) is 0 Å². The number of benzene rings is 2. The van der Waals surface area contributed by atoms with E-state index in [0.717, 1.165) is 23.4 Å². The Kier molecular flexibility index (Phi) is 7.79. The number of aryl methyl sites for hydroxylation is 1. The van der Waals surface area contributed by atoms with E-state index in [1.165, 1.54) is 24.4 Å². The maximum atomic E-state index is 13.6. The predicted octanol–water partition coefficient (Wildman–Crippen LogP) is 3.59. The molecule has 0 radical (unpaired) electrons. The SMILES string of the molecule is CO/N=C(\N=CCOc1ccc(F)cc1F)c1ccc(N=C(C)N(C)N)c(C)c1. The molecule has 0 amide bonds. The van der Waals surface area contributed by atoms with Gasteiger partial charge in [-0.05, 0) is 49.7 Å². The number of amidine groups is 2. The molecule has 0 atom stereocenters. The van der Waals surface area contributed by atoms with Gasteiger partial charge in [0.2, 0.25) is 0 Å². The zero-order valence-electron chi connectivity index (χ0n) is 16.7. The summed E-state index contributed by atoms with van der Waals surface area (Å²) < 4.78 is 31.7. The van der Waals surface area contributed by atoms with E-state index < -0.39 is 11.6 Å². The van der Waals surface area contributed by atoms with Crippen LogP contribution in [0.2, 0.25) is 0 Å². The van der Waals surface area contributed by atoms with Crippen LogP contribution in [0.15, 0.2) is 51.5 Å². The molecule has 2 aromatic carbocycles. The summed E-state index contributed by atoms with van der Waals surface area (Å²) in [4.78, 5) is 13.5. The van der Waals surface area contributed by atoms with E-state index in [-0.39, 0.29) is 12.4 Å². The molecule has 9 heteroatoms. The van der Waals surface area contributed by atoms with Gasteiger partial charge in [-0.3, -0.25) is 0 Å². The average Bonchev–Trinajstić information content (AvgIpc) is 2.67. The summed E-state index contributed by atoms with van der Waals surface area (Å²) >= 11 is 0. The molecule has 2 rings (SSSR count). The van der Waals surface area contributed by atoms with Crippen LogP contribution in [0.3, 0.4) is 0 Å². The standard InChI is InChI=1S/C20H23F2N5O2/c1-13-11-15(5-7-18(13)25-14(2)27(3)23)20(26-28-4)24-9-10-29-19-8-6-16(21)12-17(19)22/h5-9,11-12H,10,23H2,1-4H3/b24-9?,25-14?,26-20-. The number of rotatable bonds is 6. The zero-order valence-corrected chi connectivity index (χ0v) is 16.7. The summed E-state index contributed by atoms with van der Waals surface area (Å²) in [5, 5.41) is 5.33. The van der Waals surface area contributed by atoms with E-state index in [1.807, 2.05) is 19.1 Å². The minimum Gasteiger partial charge on any atom is -0.485 e. The average molecular weight is 403 g/mol. The Morgan fingerprint density at radius 3 is 2.59 bits per heavy atom.